The molecule has 0 saturated heterocycles. The van der Waals surface area contributed by atoms with Gasteiger partial charge in [-0.25, -0.2) is 0 Å². The highest BCUT2D eigenvalue weighted by atomic mass is 16.6. The molecule has 0 heterocycles. The second-order valence-electron chi connectivity index (χ2n) is 9.34. The van der Waals surface area contributed by atoms with E-state index in [0.717, 1.165) is 26.2 Å². The van der Waals surface area contributed by atoms with Gasteiger partial charge in [0.05, 0.1) is 126 Å². The minimum Gasteiger partial charge on any atom is -0.379 e. The third kappa shape index (κ3) is 37.6. The van der Waals surface area contributed by atoms with Gasteiger partial charge in [-0.15, -0.1) is 0 Å². The van der Waals surface area contributed by atoms with Gasteiger partial charge in [-0.05, 0) is 20.5 Å². The number of hydrogen-bond acceptors (Lipinski definition) is 11. The lowest BCUT2D eigenvalue weighted by Gasteiger charge is -2.10. The van der Waals surface area contributed by atoms with Gasteiger partial charge >= 0.3 is 0 Å². The summed E-state index contributed by atoms with van der Waals surface area (Å²) in [6, 6.07) is 0. The Labute approximate surface area is 244 Å². The van der Waals surface area contributed by atoms with Crippen LogP contribution in [0.4, 0.5) is 0 Å². The van der Waals surface area contributed by atoms with Gasteiger partial charge < -0.3 is 52.3 Å². The molecule has 11 nitrogen and oxygen atoms in total. The first-order chi connectivity index (χ1) is 19.8. The van der Waals surface area contributed by atoms with E-state index in [1.54, 1.807) is 0 Å². The Morgan fingerprint density at radius 1 is 0.300 bits per heavy atom. The lowest BCUT2D eigenvalue weighted by molar-refractivity contribution is -0.0265. The summed E-state index contributed by atoms with van der Waals surface area (Å²) in [5.74, 6) is 0. The van der Waals surface area contributed by atoms with Gasteiger partial charge in [-0.1, -0.05) is 32.6 Å². The van der Waals surface area contributed by atoms with Crippen molar-refractivity contribution < 1.29 is 47.4 Å². The largest absolute Gasteiger partial charge is 0.379 e. The van der Waals surface area contributed by atoms with Crippen LogP contribution in [0.1, 0.15) is 39.0 Å². The molecule has 0 aliphatic carbocycles. The van der Waals surface area contributed by atoms with E-state index < -0.39 is 0 Å². The Balaban J connectivity index is 3.02. The van der Waals surface area contributed by atoms with Crippen molar-refractivity contribution in [3.63, 3.8) is 0 Å². The first-order valence-electron chi connectivity index (χ1n) is 15.2. The molecule has 0 aromatic rings. The lowest BCUT2D eigenvalue weighted by Crippen LogP contribution is -2.19. The number of likely N-dealkylation sites (N-methyl/N-ethyl adjacent to an activating group) is 1. The van der Waals surface area contributed by atoms with Crippen LogP contribution in [-0.4, -0.2) is 158 Å². The molecule has 40 heavy (non-hydrogen) atoms. The first kappa shape index (κ1) is 39.6. The van der Waals surface area contributed by atoms with E-state index in [1.165, 1.54) is 25.7 Å². The number of unbranched alkanes of at least 4 members (excludes halogenated alkanes) is 4. The quantitative estimate of drug-likeness (QED) is 0.102. The highest BCUT2D eigenvalue weighted by Gasteiger charge is 1.96. The van der Waals surface area contributed by atoms with Crippen molar-refractivity contribution in [2.24, 2.45) is 0 Å². The van der Waals surface area contributed by atoms with E-state index >= 15 is 0 Å². The predicted octanol–water partition coefficient (Wildman–Crippen LogP) is 2.68. The second-order valence-corrected chi connectivity index (χ2v) is 9.34. The third-order valence-electron chi connectivity index (χ3n) is 5.42. The van der Waals surface area contributed by atoms with Gasteiger partial charge in [0.2, 0.25) is 0 Å². The van der Waals surface area contributed by atoms with Crippen LogP contribution in [0, 0.1) is 0 Å². The molecule has 0 spiro atoms. The Hall–Kier alpha value is -0.440. The van der Waals surface area contributed by atoms with Crippen molar-refractivity contribution in [1.82, 2.24) is 4.90 Å². The molecule has 0 aliphatic rings. The maximum atomic E-state index is 5.55. The lowest BCUT2D eigenvalue weighted by atomic mass is 10.2. The fourth-order valence-electron chi connectivity index (χ4n) is 3.14. The van der Waals surface area contributed by atoms with Gasteiger partial charge in [-0.3, -0.25) is 0 Å². The Bertz CT molecular complexity index is 449. The summed E-state index contributed by atoms with van der Waals surface area (Å²) in [5.41, 5.74) is 0. The molecule has 0 saturated carbocycles. The topological polar surface area (TPSA) is 95.5 Å². The summed E-state index contributed by atoms with van der Waals surface area (Å²) in [5, 5.41) is 0. The van der Waals surface area contributed by atoms with Crippen molar-refractivity contribution in [3.05, 3.63) is 0 Å². The highest BCUT2D eigenvalue weighted by Crippen LogP contribution is 2.02. The molecule has 0 radical (unpaired) electrons. The van der Waals surface area contributed by atoms with Crippen LogP contribution in [0.5, 0.6) is 0 Å². The zero-order valence-corrected chi connectivity index (χ0v) is 25.9. The molecular weight excluding hydrogens is 522 g/mol. The van der Waals surface area contributed by atoms with Crippen LogP contribution in [0.15, 0.2) is 0 Å². The SMILES string of the molecule is CCCCCCCOCCOCCOCCOCCOCCOCCOCCOCCOCCOCCN(C)C. The van der Waals surface area contributed by atoms with E-state index in [-0.39, 0.29) is 0 Å². The average Bonchev–Trinajstić information content (AvgIpc) is 2.95. The molecule has 0 aromatic carbocycles. The van der Waals surface area contributed by atoms with E-state index in [9.17, 15) is 0 Å². The zero-order chi connectivity index (χ0) is 29.0. The fraction of sp³-hybridized carbons (Fsp3) is 1.00. The molecule has 242 valence electrons. The average molecular weight is 584 g/mol. The predicted molar refractivity (Wildman–Crippen MR) is 156 cm³/mol. The summed E-state index contributed by atoms with van der Waals surface area (Å²) < 4.78 is 54.8. The number of nitrogens with zero attached hydrogens (tertiary/aromatic N) is 1. The number of hydrogen-bond donors (Lipinski definition) is 0. The third-order valence-corrected chi connectivity index (χ3v) is 5.42. The molecule has 0 fully saturated rings. The summed E-state index contributed by atoms with van der Waals surface area (Å²) >= 11 is 0. The summed E-state index contributed by atoms with van der Waals surface area (Å²) in [7, 11) is 4.05. The molecule has 0 unspecified atom stereocenters. The minimum absolute atomic E-state index is 0.531. The van der Waals surface area contributed by atoms with Crippen molar-refractivity contribution in [2.75, 3.05) is 153 Å². The summed E-state index contributed by atoms with van der Waals surface area (Å²) in [4.78, 5) is 2.09. The van der Waals surface area contributed by atoms with E-state index in [4.69, 9.17) is 47.4 Å². The highest BCUT2D eigenvalue weighted by molar-refractivity contribution is 4.43. The minimum atomic E-state index is 0.531. The van der Waals surface area contributed by atoms with E-state index in [2.05, 4.69) is 11.8 Å². The maximum absolute atomic E-state index is 5.55. The molecule has 11 heteroatoms. The van der Waals surface area contributed by atoms with E-state index in [1.807, 2.05) is 14.1 Å². The van der Waals surface area contributed by atoms with Crippen molar-refractivity contribution in [1.29, 1.82) is 0 Å². The fourth-order valence-corrected chi connectivity index (χ4v) is 3.14. The Kier molecular flexibility index (Phi) is 36.2. The van der Waals surface area contributed by atoms with Gasteiger partial charge in [0.25, 0.3) is 0 Å². The molecular formula is C29H61NO10. The molecule has 0 bridgehead atoms. The van der Waals surface area contributed by atoms with Gasteiger partial charge in [-0.2, -0.15) is 0 Å². The standard InChI is InChI=1S/C29H61NO10/c1-4-5-6-7-8-10-31-12-14-33-16-18-35-20-22-37-24-26-39-28-29-40-27-25-38-23-21-36-19-17-34-15-13-32-11-9-30(2)3/h4-29H2,1-3H3. The van der Waals surface area contributed by atoms with Crippen LogP contribution in [0.2, 0.25) is 0 Å². The maximum Gasteiger partial charge on any atom is 0.0701 e. The summed E-state index contributed by atoms with van der Waals surface area (Å²) in [6.45, 7) is 14.8. The molecule has 0 N–H and O–H groups in total. The monoisotopic (exact) mass is 583 g/mol. The molecule has 0 rings (SSSR count). The number of ether oxygens (including phenoxy) is 10. The molecule has 0 aliphatic heterocycles. The number of rotatable bonds is 36. The van der Waals surface area contributed by atoms with Crippen LogP contribution in [0.3, 0.4) is 0 Å². The van der Waals surface area contributed by atoms with Crippen molar-refractivity contribution >= 4 is 0 Å². The Morgan fingerprint density at radius 2 is 0.550 bits per heavy atom. The first-order valence-corrected chi connectivity index (χ1v) is 15.2. The molecule has 0 amide bonds. The molecule has 0 atom stereocenters. The van der Waals surface area contributed by atoms with Crippen LogP contribution in [0.25, 0.3) is 0 Å². The summed E-state index contributed by atoms with van der Waals surface area (Å²) in [6.07, 6.45) is 6.30. The van der Waals surface area contributed by atoms with E-state index in [0.29, 0.717) is 119 Å². The van der Waals surface area contributed by atoms with Gasteiger partial charge in [0.1, 0.15) is 0 Å². The zero-order valence-electron chi connectivity index (χ0n) is 25.9. The Morgan fingerprint density at radius 3 is 0.825 bits per heavy atom. The van der Waals surface area contributed by atoms with Crippen LogP contribution >= 0.6 is 0 Å². The van der Waals surface area contributed by atoms with Gasteiger partial charge in [0.15, 0.2) is 0 Å². The van der Waals surface area contributed by atoms with Crippen LogP contribution in [-0.2, 0) is 47.4 Å². The van der Waals surface area contributed by atoms with Crippen molar-refractivity contribution in [2.45, 2.75) is 39.0 Å². The van der Waals surface area contributed by atoms with Crippen LogP contribution < -0.4 is 0 Å². The van der Waals surface area contributed by atoms with Gasteiger partial charge in [0, 0.05) is 13.2 Å². The molecule has 0 aromatic heterocycles. The smallest absolute Gasteiger partial charge is 0.0701 e. The van der Waals surface area contributed by atoms with Crippen molar-refractivity contribution in [3.8, 4) is 0 Å². The second kappa shape index (κ2) is 36.6. The normalized spacial score (nSPS) is 11.7.